The molecule has 10 heteroatoms. The van der Waals surface area contributed by atoms with E-state index in [0.29, 0.717) is 27.5 Å². The second-order valence-electron chi connectivity index (χ2n) is 9.25. The second kappa shape index (κ2) is 11.0. The number of fused-ring (bicyclic) bond motifs is 1. The molecule has 1 fully saturated rings. The Morgan fingerprint density at radius 3 is 2.39 bits per heavy atom. The summed E-state index contributed by atoms with van der Waals surface area (Å²) in [6, 6.07) is 19.5. The van der Waals surface area contributed by atoms with E-state index in [4.69, 9.17) is 27.9 Å². The Morgan fingerprint density at radius 2 is 1.68 bits per heavy atom. The number of aliphatic hydroxyl groups excluding tert-OH is 4. The van der Waals surface area contributed by atoms with Gasteiger partial charge in [-0.2, -0.15) is 0 Å². The molecule has 5 rings (SSSR count). The molecule has 2 heterocycles. The highest BCUT2D eigenvalue weighted by Crippen LogP contribution is 2.30. The first kappa shape index (κ1) is 26.6. The first-order valence-corrected chi connectivity index (χ1v) is 12.8. The molecule has 0 radical (unpaired) electrons. The van der Waals surface area contributed by atoms with Gasteiger partial charge in [-0.25, -0.2) is 0 Å². The van der Waals surface area contributed by atoms with Crippen LogP contribution in [0.15, 0.2) is 72.9 Å². The molecule has 5 N–H and O–H groups in total. The van der Waals surface area contributed by atoms with Crippen molar-refractivity contribution in [3.05, 3.63) is 94.1 Å². The summed E-state index contributed by atoms with van der Waals surface area (Å²) in [5.41, 5.74) is 3.84. The fourth-order valence-electron chi connectivity index (χ4n) is 4.74. The van der Waals surface area contributed by atoms with Gasteiger partial charge in [-0.3, -0.25) is 4.79 Å². The normalized spacial score (nSPS) is 23.5. The minimum atomic E-state index is -1.63. The van der Waals surface area contributed by atoms with E-state index in [1.54, 1.807) is 18.3 Å². The average molecular weight is 557 g/mol. The maximum Gasteiger partial charge on any atom is 0.253 e. The number of amides is 1. The summed E-state index contributed by atoms with van der Waals surface area (Å²) in [7, 11) is 0. The average Bonchev–Trinajstić information content (AvgIpc) is 3.28. The summed E-state index contributed by atoms with van der Waals surface area (Å²) in [6.07, 6.45) is -4.15. The van der Waals surface area contributed by atoms with E-state index in [0.717, 1.165) is 22.2 Å². The molecule has 0 aliphatic carbocycles. The third-order valence-corrected chi connectivity index (χ3v) is 7.51. The van der Waals surface area contributed by atoms with Crippen LogP contribution in [0.2, 0.25) is 10.0 Å². The van der Waals surface area contributed by atoms with Crippen molar-refractivity contribution in [2.45, 2.75) is 37.2 Å². The topological polar surface area (TPSA) is 124 Å². The molecule has 0 spiro atoms. The van der Waals surface area contributed by atoms with Crippen LogP contribution in [0.25, 0.3) is 22.0 Å². The van der Waals surface area contributed by atoms with Crippen LogP contribution in [-0.4, -0.2) is 68.2 Å². The highest BCUT2D eigenvalue weighted by molar-refractivity contribution is 6.42. The summed E-state index contributed by atoms with van der Waals surface area (Å²) in [4.78, 5) is 13.5. The lowest BCUT2D eigenvalue weighted by Gasteiger charge is -2.40. The Balaban J connectivity index is 1.53. The zero-order valence-electron chi connectivity index (χ0n) is 20.0. The van der Waals surface area contributed by atoms with Crippen LogP contribution < -0.4 is 5.32 Å². The molecular formula is C28H26Cl2N2O6. The quantitative estimate of drug-likeness (QED) is 0.248. The number of carbonyl (C=O) groups is 1. The Hall–Kier alpha value is -2.95. The lowest BCUT2D eigenvalue weighted by molar-refractivity contribution is -0.252. The number of hydrogen-bond acceptors (Lipinski definition) is 6. The lowest BCUT2D eigenvalue weighted by atomic mass is 9.96. The highest BCUT2D eigenvalue weighted by Gasteiger charge is 2.44. The number of nitrogens with one attached hydrogen (secondary N) is 1. The zero-order chi connectivity index (χ0) is 27.0. The van der Waals surface area contributed by atoms with Gasteiger partial charge in [-0.05, 0) is 41.0 Å². The molecule has 0 bridgehead atoms. The van der Waals surface area contributed by atoms with Crippen LogP contribution in [-0.2, 0) is 11.3 Å². The van der Waals surface area contributed by atoms with Gasteiger partial charge in [0.1, 0.15) is 24.4 Å². The van der Waals surface area contributed by atoms with Crippen molar-refractivity contribution in [2.75, 3.05) is 6.61 Å². The fourth-order valence-corrected chi connectivity index (χ4v) is 5.06. The number of aromatic nitrogens is 1. The van der Waals surface area contributed by atoms with Crippen LogP contribution >= 0.6 is 23.2 Å². The smallest absolute Gasteiger partial charge is 0.253 e. The number of carbonyl (C=O) groups excluding carboxylic acids is 1. The summed E-state index contributed by atoms with van der Waals surface area (Å²) >= 11 is 12.3. The van der Waals surface area contributed by atoms with Crippen molar-refractivity contribution in [1.29, 1.82) is 0 Å². The first-order valence-electron chi connectivity index (χ1n) is 12.0. The maximum atomic E-state index is 13.5. The Kier molecular flexibility index (Phi) is 7.74. The Morgan fingerprint density at radius 1 is 0.921 bits per heavy atom. The SMILES string of the molecule is O=C(N[C@H]1C(O)OC(CO)[C@@H](O)C1O)c1cn(Cc2ccc(Cl)c(Cl)c2)c2ccc(-c3ccccc3)cc12. The summed E-state index contributed by atoms with van der Waals surface area (Å²) in [6.45, 7) is -0.194. The lowest BCUT2D eigenvalue weighted by Crippen LogP contribution is -2.64. The molecule has 0 saturated carbocycles. The number of ether oxygens (including phenoxy) is 1. The highest BCUT2D eigenvalue weighted by atomic mass is 35.5. The molecule has 8 nitrogen and oxygen atoms in total. The van der Waals surface area contributed by atoms with Crippen LogP contribution in [0, 0.1) is 0 Å². The fraction of sp³-hybridized carbons (Fsp3) is 0.250. The van der Waals surface area contributed by atoms with Crippen molar-refractivity contribution in [1.82, 2.24) is 9.88 Å². The molecule has 1 aliphatic heterocycles. The van der Waals surface area contributed by atoms with E-state index in [1.807, 2.05) is 59.2 Å². The van der Waals surface area contributed by atoms with E-state index >= 15 is 0 Å². The molecule has 5 atom stereocenters. The largest absolute Gasteiger partial charge is 0.394 e. The minimum Gasteiger partial charge on any atom is -0.394 e. The van der Waals surface area contributed by atoms with Gasteiger partial charge in [0.2, 0.25) is 0 Å². The van der Waals surface area contributed by atoms with Crippen molar-refractivity contribution in [3.63, 3.8) is 0 Å². The number of aliphatic hydroxyl groups is 4. The molecule has 3 unspecified atom stereocenters. The van der Waals surface area contributed by atoms with Gasteiger partial charge in [0.05, 0.1) is 22.2 Å². The number of hydrogen-bond donors (Lipinski definition) is 5. The maximum absolute atomic E-state index is 13.5. The standard InChI is InChI=1S/C28H26Cl2N2O6/c29-20-8-6-15(10-21(20)30)12-32-13-19(18-11-17(7-9-22(18)32)16-4-2-1-3-5-16)27(36)31-24-26(35)25(34)23(14-33)38-28(24)37/h1-11,13,23-26,28,33-35,37H,12,14H2,(H,31,36)/t23?,24-,25-,26?,28?/m1/s1. The zero-order valence-corrected chi connectivity index (χ0v) is 21.5. The predicted octanol–water partition coefficient (Wildman–Crippen LogP) is 3.19. The Labute approximate surface area is 228 Å². The van der Waals surface area contributed by atoms with Gasteiger partial charge in [-0.15, -0.1) is 0 Å². The molecule has 1 saturated heterocycles. The van der Waals surface area contributed by atoms with Gasteiger partial charge >= 0.3 is 0 Å². The van der Waals surface area contributed by atoms with E-state index < -0.39 is 43.2 Å². The van der Waals surface area contributed by atoms with Gasteiger partial charge in [0, 0.05) is 23.6 Å². The van der Waals surface area contributed by atoms with Crippen LogP contribution in [0.1, 0.15) is 15.9 Å². The van der Waals surface area contributed by atoms with Crippen LogP contribution in [0.4, 0.5) is 0 Å². The minimum absolute atomic E-state index is 0.302. The third-order valence-electron chi connectivity index (χ3n) is 6.77. The molecule has 1 amide bonds. The Bertz CT molecular complexity index is 1460. The second-order valence-corrected chi connectivity index (χ2v) is 10.1. The molecule has 3 aromatic carbocycles. The van der Waals surface area contributed by atoms with Crippen molar-refractivity contribution < 1.29 is 30.0 Å². The first-order chi connectivity index (χ1) is 18.3. The molecule has 198 valence electrons. The monoisotopic (exact) mass is 556 g/mol. The number of benzene rings is 3. The van der Waals surface area contributed by atoms with Crippen LogP contribution in [0.3, 0.4) is 0 Å². The number of nitrogens with zero attached hydrogens (tertiary/aromatic N) is 1. The summed E-state index contributed by atoms with van der Waals surface area (Å²) in [5.74, 6) is -0.575. The van der Waals surface area contributed by atoms with E-state index in [-0.39, 0.29) is 0 Å². The van der Waals surface area contributed by atoms with Gasteiger partial charge in [0.15, 0.2) is 6.29 Å². The van der Waals surface area contributed by atoms with Crippen molar-refractivity contribution >= 4 is 40.0 Å². The summed E-state index contributed by atoms with van der Waals surface area (Å²) < 4.78 is 7.09. The molecular weight excluding hydrogens is 531 g/mol. The number of rotatable bonds is 6. The van der Waals surface area contributed by atoms with E-state index in [1.165, 1.54) is 0 Å². The molecule has 4 aromatic rings. The van der Waals surface area contributed by atoms with Gasteiger partial charge < -0.3 is 35.0 Å². The summed E-state index contributed by atoms with van der Waals surface area (Å²) in [5, 5.41) is 44.5. The predicted molar refractivity (Wildman–Crippen MR) is 144 cm³/mol. The molecule has 38 heavy (non-hydrogen) atoms. The van der Waals surface area contributed by atoms with E-state index in [2.05, 4.69) is 5.32 Å². The molecule has 1 aliphatic rings. The van der Waals surface area contributed by atoms with E-state index in [9.17, 15) is 25.2 Å². The third kappa shape index (κ3) is 5.17. The molecule has 1 aromatic heterocycles. The van der Waals surface area contributed by atoms with Gasteiger partial charge in [-0.1, -0.05) is 65.7 Å². The van der Waals surface area contributed by atoms with Gasteiger partial charge in [0.25, 0.3) is 5.91 Å². The van der Waals surface area contributed by atoms with Crippen LogP contribution in [0.5, 0.6) is 0 Å². The van der Waals surface area contributed by atoms with Crippen molar-refractivity contribution in [2.24, 2.45) is 0 Å². The number of halogens is 2. The van der Waals surface area contributed by atoms with Crippen molar-refractivity contribution in [3.8, 4) is 11.1 Å².